The molecule has 37 heavy (non-hydrogen) atoms. The Kier molecular flexibility index (Phi) is 6.14. The Bertz CT molecular complexity index is 1590. The normalized spacial score (nSPS) is 20.6. The van der Waals surface area contributed by atoms with Gasteiger partial charge < -0.3 is 9.72 Å². The van der Waals surface area contributed by atoms with Crippen LogP contribution in [0.25, 0.3) is 0 Å². The van der Waals surface area contributed by atoms with Crippen LogP contribution >= 0.6 is 34.7 Å². The highest BCUT2D eigenvalue weighted by molar-refractivity contribution is 8.00. The van der Waals surface area contributed by atoms with E-state index in [0.29, 0.717) is 31.9 Å². The zero-order chi connectivity index (χ0) is 25.7. The number of hydrogen-bond acceptors (Lipinski definition) is 6. The lowest BCUT2D eigenvalue weighted by Crippen LogP contribution is -2.32. The minimum Gasteiger partial charge on any atom is -0.489 e. The van der Waals surface area contributed by atoms with Crippen LogP contribution in [0.2, 0.25) is 5.02 Å². The fourth-order valence-electron chi connectivity index (χ4n) is 4.85. The molecule has 0 spiro atoms. The number of anilines is 1. The zero-order valence-electron chi connectivity index (χ0n) is 19.0. The highest BCUT2D eigenvalue weighted by Gasteiger charge is 2.56. The Hall–Kier alpha value is -3.40. The first-order valence-electron chi connectivity index (χ1n) is 11.4. The van der Waals surface area contributed by atoms with Gasteiger partial charge in [-0.15, -0.1) is 0 Å². The number of nitrogens with one attached hydrogen (secondary N) is 1. The van der Waals surface area contributed by atoms with Crippen molar-refractivity contribution in [1.29, 1.82) is 0 Å². The summed E-state index contributed by atoms with van der Waals surface area (Å²) in [5.41, 5.74) is 1.90. The molecular weight excluding hydrogens is 535 g/mol. The third kappa shape index (κ3) is 4.27. The molecule has 1 saturated heterocycles. The number of benzene rings is 3. The molecule has 6 rings (SSSR count). The van der Waals surface area contributed by atoms with E-state index in [9.17, 15) is 18.8 Å². The number of H-pyrrole nitrogens is 1. The molecule has 2 amide bonds. The van der Waals surface area contributed by atoms with E-state index < -0.39 is 34.7 Å². The van der Waals surface area contributed by atoms with Crippen LogP contribution in [0.1, 0.15) is 21.9 Å². The summed E-state index contributed by atoms with van der Waals surface area (Å²) in [6, 6.07) is 19.9. The van der Waals surface area contributed by atoms with Gasteiger partial charge in [0.2, 0.25) is 11.8 Å². The molecule has 1 fully saturated rings. The van der Waals surface area contributed by atoms with E-state index in [1.165, 1.54) is 36.0 Å². The molecular formula is C27H18ClFN2O4S2. The number of aromatic nitrogens is 1. The predicted molar refractivity (Wildman–Crippen MR) is 141 cm³/mol. The smallest absolute Gasteiger partial charge is 0.305 e. The molecule has 186 valence electrons. The second kappa shape index (κ2) is 9.48. The maximum atomic E-state index is 13.8. The van der Waals surface area contributed by atoms with Gasteiger partial charge in [0.05, 0.1) is 16.6 Å². The Morgan fingerprint density at radius 1 is 0.973 bits per heavy atom. The van der Waals surface area contributed by atoms with Crippen molar-refractivity contribution in [3.05, 3.63) is 109 Å². The van der Waals surface area contributed by atoms with E-state index in [2.05, 4.69) is 4.98 Å². The summed E-state index contributed by atoms with van der Waals surface area (Å²) in [7, 11) is 0. The fraction of sp³-hybridized carbons (Fsp3) is 0.148. The Labute approximate surface area is 224 Å². The quantitative estimate of drug-likeness (QED) is 0.326. The van der Waals surface area contributed by atoms with Crippen LogP contribution in [0.5, 0.6) is 5.75 Å². The molecule has 4 aromatic rings. The minimum atomic E-state index is -0.766. The molecule has 3 aromatic carbocycles. The summed E-state index contributed by atoms with van der Waals surface area (Å²) in [6.45, 7) is 0.248. The summed E-state index contributed by atoms with van der Waals surface area (Å²) in [5, 5.41) is 0.425. The SMILES string of the molecule is O=C1[C@H]2[C@H](c3ccccc3OCc3cccc(Cl)c3)c3sc(=O)[nH]c3S[C@H]2C(=O)N1c1ccc(F)cc1. The van der Waals surface area contributed by atoms with Gasteiger partial charge >= 0.3 is 4.87 Å². The number of fused-ring (bicyclic) bond motifs is 2. The maximum absolute atomic E-state index is 13.8. The highest BCUT2D eigenvalue weighted by Crippen LogP contribution is 2.54. The Morgan fingerprint density at radius 3 is 2.54 bits per heavy atom. The lowest BCUT2D eigenvalue weighted by atomic mass is 9.82. The minimum absolute atomic E-state index is 0.248. The van der Waals surface area contributed by atoms with Crippen LogP contribution in [-0.4, -0.2) is 22.0 Å². The number of halogens is 2. The molecule has 10 heteroatoms. The number of ether oxygens (including phenoxy) is 1. The summed E-state index contributed by atoms with van der Waals surface area (Å²) < 4.78 is 19.7. The largest absolute Gasteiger partial charge is 0.489 e. The van der Waals surface area contributed by atoms with Gasteiger partial charge in [0.25, 0.3) is 0 Å². The van der Waals surface area contributed by atoms with Gasteiger partial charge in [-0.25, -0.2) is 9.29 Å². The number of imide groups is 1. The number of rotatable bonds is 5. The monoisotopic (exact) mass is 552 g/mol. The van der Waals surface area contributed by atoms with Crippen molar-refractivity contribution in [3.63, 3.8) is 0 Å². The van der Waals surface area contributed by atoms with Gasteiger partial charge in [-0.1, -0.05) is 65.0 Å². The Morgan fingerprint density at radius 2 is 1.76 bits per heavy atom. The number of carbonyl (C=O) groups is 2. The van der Waals surface area contributed by atoms with Crippen molar-refractivity contribution in [2.24, 2.45) is 5.92 Å². The molecule has 3 heterocycles. The van der Waals surface area contributed by atoms with Crippen LogP contribution in [0.3, 0.4) is 0 Å². The molecule has 0 bridgehead atoms. The van der Waals surface area contributed by atoms with E-state index in [1.807, 2.05) is 42.5 Å². The lowest BCUT2D eigenvalue weighted by Gasteiger charge is -2.30. The van der Waals surface area contributed by atoms with Gasteiger partial charge in [-0.3, -0.25) is 14.4 Å². The maximum Gasteiger partial charge on any atom is 0.305 e. The number of thiazole rings is 1. The number of hydrogen-bond donors (Lipinski definition) is 1. The lowest BCUT2D eigenvalue weighted by molar-refractivity contribution is -0.122. The first kappa shape index (κ1) is 24.0. The van der Waals surface area contributed by atoms with Crippen LogP contribution < -0.4 is 14.5 Å². The molecule has 0 saturated carbocycles. The first-order chi connectivity index (χ1) is 17.9. The van der Waals surface area contributed by atoms with E-state index in [4.69, 9.17) is 16.3 Å². The van der Waals surface area contributed by atoms with E-state index in [-0.39, 0.29) is 11.5 Å². The van der Waals surface area contributed by atoms with Crippen molar-refractivity contribution < 1.29 is 18.7 Å². The number of amides is 2. The number of para-hydroxylation sites is 1. The second-order valence-electron chi connectivity index (χ2n) is 8.69. The van der Waals surface area contributed by atoms with Crippen molar-refractivity contribution in [3.8, 4) is 5.75 Å². The summed E-state index contributed by atoms with van der Waals surface area (Å²) >= 11 is 8.34. The van der Waals surface area contributed by atoms with Crippen molar-refractivity contribution in [2.45, 2.75) is 22.8 Å². The molecule has 1 aromatic heterocycles. The van der Waals surface area contributed by atoms with Crippen LogP contribution in [0, 0.1) is 11.7 Å². The summed E-state index contributed by atoms with van der Waals surface area (Å²) in [5.74, 6) is -2.05. The van der Waals surface area contributed by atoms with Crippen molar-refractivity contribution >= 4 is 52.2 Å². The third-order valence-corrected chi connectivity index (χ3v) is 9.08. The number of thioether (sulfide) groups is 1. The van der Waals surface area contributed by atoms with Gasteiger partial charge in [-0.2, -0.15) is 0 Å². The molecule has 2 aliphatic rings. The predicted octanol–water partition coefficient (Wildman–Crippen LogP) is 5.60. The number of aromatic amines is 1. The van der Waals surface area contributed by atoms with Gasteiger partial charge in [0.1, 0.15) is 23.4 Å². The van der Waals surface area contributed by atoms with Crippen LogP contribution in [0.15, 0.2) is 82.6 Å². The van der Waals surface area contributed by atoms with Crippen molar-refractivity contribution in [2.75, 3.05) is 4.90 Å². The molecule has 0 aliphatic carbocycles. The molecule has 0 radical (unpaired) electrons. The summed E-state index contributed by atoms with van der Waals surface area (Å²) in [6.07, 6.45) is 0. The highest BCUT2D eigenvalue weighted by atomic mass is 35.5. The average Bonchev–Trinajstić information content (AvgIpc) is 3.38. The van der Waals surface area contributed by atoms with Gasteiger partial charge in [0.15, 0.2) is 0 Å². The standard InChI is InChI=1S/C27H18ClFN2O4S2/c28-15-5-3-4-14(12-15)13-35-19-7-2-1-6-18(19)20-21-23(36-24-22(20)37-27(34)30-24)26(33)31(25(21)32)17-10-8-16(29)9-11-17/h1-12,20-21,23H,13H2,(H,30,34)/t20-,21-,23+/m0/s1. The molecule has 1 N–H and O–H groups in total. The first-order valence-corrected chi connectivity index (χ1v) is 13.5. The van der Waals surface area contributed by atoms with E-state index in [1.54, 1.807) is 6.07 Å². The van der Waals surface area contributed by atoms with E-state index >= 15 is 0 Å². The van der Waals surface area contributed by atoms with Gasteiger partial charge in [-0.05, 0) is 48.0 Å². The van der Waals surface area contributed by atoms with Gasteiger partial charge in [0, 0.05) is 21.4 Å². The van der Waals surface area contributed by atoms with Crippen molar-refractivity contribution in [1.82, 2.24) is 4.98 Å². The second-order valence-corrected chi connectivity index (χ2v) is 11.3. The van der Waals surface area contributed by atoms with Crippen LogP contribution in [-0.2, 0) is 16.2 Å². The topological polar surface area (TPSA) is 79.5 Å². The van der Waals surface area contributed by atoms with Crippen LogP contribution in [0.4, 0.5) is 10.1 Å². The number of nitrogens with zero attached hydrogens (tertiary/aromatic N) is 1. The molecule has 6 nitrogen and oxygen atoms in total. The zero-order valence-corrected chi connectivity index (χ0v) is 21.4. The molecule has 0 unspecified atom stereocenters. The molecule has 2 aliphatic heterocycles. The molecule has 3 atom stereocenters. The fourth-order valence-corrected chi connectivity index (χ4v) is 7.57. The summed E-state index contributed by atoms with van der Waals surface area (Å²) in [4.78, 5) is 44.1. The average molecular weight is 553 g/mol. The van der Waals surface area contributed by atoms with E-state index in [0.717, 1.165) is 21.8 Å². The Balaban J connectivity index is 1.42. The number of carbonyl (C=O) groups excluding carboxylic acids is 2. The third-order valence-electron chi connectivity index (χ3n) is 6.45.